The molecule has 0 radical (unpaired) electrons. The monoisotopic (exact) mass is 611 g/mol. The molecule has 4 aromatic carbocycles. The molecule has 0 saturated heterocycles. The molecule has 0 amide bonds. The Morgan fingerprint density at radius 3 is 1.63 bits per heavy atom. The molecule has 43 heavy (non-hydrogen) atoms. The molecule has 1 N–H and O–H groups in total. The highest BCUT2D eigenvalue weighted by Gasteiger charge is 2.38. The number of rotatable bonds is 12. The Kier molecular flexibility index (Phi) is 9.80. The van der Waals surface area contributed by atoms with Gasteiger partial charge in [0.25, 0.3) is 0 Å². The fraction of sp³-hybridized carbons (Fsp3) is 0.226. The molecule has 4 aromatic rings. The maximum absolute atomic E-state index is 13.1. The fourth-order valence-corrected chi connectivity index (χ4v) is 4.82. The second-order valence-electron chi connectivity index (χ2n) is 9.53. The summed E-state index contributed by atoms with van der Waals surface area (Å²) in [5, 5.41) is 3.21. The van der Waals surface area contributed by atoms with E-state index in [1.165, 1.54) is 42.5 Å². The molecule has 12 heteroatoms. The average molecular weight is 612 g/mol. The average Bonchev–Trinajstić information content (AvgIpc) is 2.91. The highest BCUT2D eigenvalue weighted by molar-refractivity contribution is 5.47. The highest BCUT2D eigenvalue weighted by Crippen LogP contribution is 2.40. The van der Waals surface area contributed by atoms with Crippen molar-refractivity contribution < 1.29 is 49.3 Å². The minimum absolute atomic E-state index is 0.00717. The molecule has 0 bridgehead atoms. The maximum atomic E-state index is 13.1. The molecular weight excluding hydrogens is 586 g/mol. The van der Waals surface area contributed by atoms with E-state index in [1.54, 1.807) is 48.5 Å². The van der Waals surface area contributed by atoms with Gasteiger partial charge in [-0.1, -0.05) is 66.7 Å². The van der Waals surface area contributed by atoms with Crippen LogP contribution in [0.2, 0.25) is 0 Å². The molecule has 0 unspecified atom stereocenters. The van der Waals surface area contributed by atoms with E-state index in [-0.39, 0.29) is 25.3 Å². The van der Waals surface area contributed by atoms with Crippen molar-refractivity contribution in [1.29, 1.82) is 0 Å². The fourth-order valence-electron chi connectivity index (χ4n) is 4.82. The van der Waals surface area contributed by atoms with E-state index in [0.29, 0.717) is 16.7 Å². The summed E-state index contributed by atoms with van der Waals surface area (Å²) < 4.78 is 117. The van der Waals surface area contributed by atoms with Gasteiger partial charge in [0.05, 0.1) is 0 Å². The normalized spacial score (nSPS) is 12.3. The third kappa shape index (κ3) is 9.34. The molecule has 4 rings (SSSR count). The van der Waals surface area contributed by atoms with Gasteiger partial charge in [-0.15, -0.1) is 26.3 Å². The van der Waals surface area contributed by atoms with Crippen LogP contribution in [0.4, 0.5) is 35.1 Å². The van der Waals surface area contributed by atoms with Crippen molar-refractivity contribution in [2.24, 2.45) is 0 Å². The van der Waals surface area contributed by atoms with Gasteiger partial charge in [-0.25, -0.2) is 0 Å². The number of halogens is 8. The van der Waals surface area contributed by atoms with Crippen molar-refractivity contribution in [2.75, 3.05) is 6.54 Å². The largest absolute Gasteiger partial charge is 0.573 e. The molecule has 228 valence electrons. The Morgan fingerprint density at radius 1 is 0.581 bits per heavy atom. The Morgan fingerprint density at radius 2 is 1.09 bits per heavy atom. The van der Waals surface area contributed by atoms with Gasteiger partial charge in [0.1, 0.15) is 17.2 Å². The van der Waals surface area contributed by atoms with E-state index in [0.717, 1.165) is 17.7 Å². The Labute approximate surface area is 241 Å². The van der Waals surface area contributed by atoms with Crippen molar-refractivity contribution >= 4 is 0 Å². The van der Waals surface area contributed by atoms with Crippen LogP contribution in [0.1, 0.15) is 22.3 Å². The molecule has 0 heterocycles. The van der Waals surface area contributed by atoms with Crippen molar-refractivity contribution in [3.05, 3.63) is 125 Å². The first kappa shape index (κ1) is 31.6. The van der Waals surface area contributed by atoms with E-state index in [1.807, 2.05) is 0 Å². The predicted molar refractivity (Wildman–Crippen MR) is 142 cm³/mol. The number of ether oxygens (including phenoxy) is 3. The lowest BCUT2D eigenvalue weighted by atomic mass is 9.70. The highest BCUT2D eigenvalue weighted by atomic mass is 19.4. The van der Waals surface area contributed by atoms with Crippen molar-refractivity contribution in [1.82, 2.24) is 5.32 Å². The Balaban J connectivity index is 1.81. The lowest BCUT2D eigenvalue weighted by Gasteiger charge is -2.36. The lowest BCUT2D eigenvalue weighted by molar-refractivity contribution is -0.275. The summed E-state index contributed by atoms with van der Waals surface area (Å²) in [6.07, 6.45) is -9.82. The van der Waals surface area contributed by atoms with Gasteiger partial charge in [-0.05, 0) is 65.1 Å². The van der Waals surface area contributed by atoms with E-state index in [4.69, 9.17) is 0 Å². The minimum Gasteiger partial charge on any atom is -0.435 e. The van der Waals surface area contributed by atoms with Crippen LogP contribution >= 0.6 is 0 Å². The second kappa shape index (κ2) is 13.3. The van der Waals surface area contributed by atoms with Gasteiger partial charge >= 0.3 is 19.3 Å². The van der Waals surface area contributed by atoms with Crippen LogP contribution in [0.25, 0.3) is 0 Å². The molecule has 0 aliphatic carbocycles. The van der Waals surface area contributed by atoms with Gasteiger partial charge in [-0.2, -0.15) is 8.78 Å². The molecule has 0 fully saturated rings. The number of benzene rings is 4. The zero-order valence-electron chi connectivity index (χ0n) is 22.3. The van der Waals surface area contributed by atoms with Crippen molar-refractivity contribution in [3.63, 3.8) is 0 Å². The lowest BCUT2D eigenvalue weighted by Crippen LogP contribution is -2.41. The Bertz CT molecular complexity index is 1420. The van der Waals surface area contributed by atoms with E-state index >= 15 is 0 Å². The second-order valence-corrected chi connectivity index (χ2v) is 9.53. The summed E-state index contributed by atoms with van der Waals surface area (Å²) in [4.78, 5) is 0. The molecular formula is C31H25F8NO3. The van der Waals surface area contributed by atoms with Crippen LogP contribution in [0.3, 0.4) is 0 Å². The number of hydrogen-bond acceptors (Lipinski definition) is 4. The summed E-state index contributed by atoms with van der Waals surface area (Å²) in [5.41, 5.74) is 0.638. The standard InChI is InChI=1S/C31H25F8NO3/c32-28(33)41-25-12-4-9-22(15-25)19-40-20-29(18-21-7-2-1-3-8-21,23-10-5-13-26(16-23)42-30(34,35)36)24-11-6-14-27(17-24)43-31(37,38)39/h1-17,28,40H,18-20H2. The zero-order chi connectivity index (χ0) is 31.1. The molecule has 0 atom stereocenters. The van der Waals surface area contributed by atoms with Crippen molar-refractivity contribution in [2.45, 2.75) is 37.7 Å². The third-order valence-corrected chi connectivity index (χ3v) is 6.47. The van der Waals surface area contributed by atoms with Gasteiger partial charge in [-0.3, -0.25) is 0 Å². The number of hydrogen-bond donors (Lipinski definition) is 1. The zero-order valence-corrected chi connectivity index (χ0v) is 22.3. The first-order valence-corrected chi connectivity index (χ1v) is 12.8. The van der Waals surface area contributed by atoms with E-state index < -0.39 is 36.3 Å². The smallest absolute Gasteiger partial charge is 0.435 e. The molecule has 0 spiro atoms. The third-order valence-electron chi connectivity index (χ3n) is 6.47. The molecule has 4 nitrogen and oxygen atoms in total. The predicted octanol–water partition coefficient (Wildman–Crippen LogP) is 8.40. The van der Waals surface area contributed by atoms with Gasteiger partial charge in [0.2, 0.25) is 0 Å². The summed E-state index contributed by atoms with van der Waals surface area (Å²) in [5.74, 6) is -1.09. The van der Waals surface area contributed by atoms with Crippen LogP contribution in [-0.2, 0) is 18.4 Å². The Hall–Kier alpha value is -4.32. The van der Waals surface area contributed by atoms with Gasteiger partial charge in [0.15, 0.2) is 0 Å². The number of alkyl halides is 8. The van der Waals surface area contributed by atoms with Gasteiger partial charge < -0.3 is 19.5 Å². The SMILES string of the molecule is FC(F)Oc1cccc(CNCC(Cc2ccccc2)(c2cccc(OC(F)(F)F)c2)c2cccc(OC(F)(F)F)c2)c1. The summed E-state index contributed by atoms with van der Waals surface area (Å²) in [6.45, 7) is -2.93. The summed E-state index contributed by atoms with van der Waals surface area (Å²) in [7, 11) is 0. The van der Waals surface area contributed by atoms with E-state index in [2.05, 4.69) is 19.5 Å². The molecule has 0 aliphatic rings. The minimum atomic E-state index is -4.98. The van der Waals surface area contributed by atoms with Crippen molar-refractivity contribution in [3.8, 4) is 17.2 Å². The van der Waals surface area contributed by atoms with Crippen LogP contribution in [-0.4, -0.2) is 25.9 Å². The first-order valence-electron chi connectivity index (χ1n) is 12.8. The van der Waals surface area contributed by atoms with Crippen LogP contribution in [0, 0.1) is 0 Å². The van der Waals surface area contributed by atoms with Crippen LogP contribution < -0.4 is 19.5 Å². The maximum Gasteiger partial charge on any atom is 0.573 e. The van der Waals surface area contributed by atoms with E-state index in [9.17, 15) is 35.1 Å². The quantitative estimate of drug-likeness (QED) is 0.163. The molecule has 0 saturated carbocycles. The van der Waals surface area contributed by atoms with Crippen LogP contribution in [0.5, 0.6) is 17.2 Å². The van der Waals surface area contributed by atoms with Crippen LogP contribution in [0.15, 0.2) is 103 Å². The van der Waals surface area contributed by atoms with Gasteiger partial charge in [0, 0.05) is 18.5 Å². The first-order chi connectivity index (χ1) is 20.3. The topological polar surface area (TPSA) is 39.7 Å². The summed E-state index contributed by atoms with van der Waals surface area (Å²) >= 11 is 0. The molecule has 0 aliphatic heterocycles. The summed E-state index contributed by atoms with van der Waals surface area (Å²) in [6, 6.07) is 25.2. The molecule has 0 aromatic heterocycles. The number of nitrogens with one attached hydrogen (secondary N) is 1.